The lowest BCUT2D eigenvalue weighted by molar-refractivity contribution is 0.189. The predicted octanol–water partition coefficient (Wildman–Crippen LogP) is 2.81. The summed E-state index contributed by atoms with van der Waals surface area (Å²) in [5, 5.41) is 3.69. The van der Waals surface area contributed by atoms with Gasteiger partial charge in [0.2, 0.25) is 0 Å². The van der Waals surface area contributed by atoms with E-state index in [1.54, 1.807) is 32.1 Å². The van der Waals surface area contributed by atoms with Crippen LogP contribution in [0.3, 0.4) is 0 Å². The van der Waals surface area contributed by atoms with Crippen LogP contribution in [0.4, 0.5) is 0 Å². The molecule has 4 fully saturated rings. The van der Waals surface area contributed by atoms with Gasteiger partial charge in [0.1, 0.15) is 0 Å². The van der Waals surface area contributed by atoms with Crippen molar-refractivity contribution in [2.75, 3.05) is 6.54 Å². The zero-order valence-electron chi connectivity index (χ0n) is 9.55. The van der Waals surface area contributed by atoms with Crippen LogP contribution in [0, 0.1) is 23.2 Å². The monoisotopic (exact) mass is 193 g/mol. The number of hydrogen-bond acceptors (Lipinski definition) is 1. The minimum absolute atomic E-state index is 0.669. The second-order valence-electron chi connectivity index (χ2n) is 6.44. The molecule has 1 heteroatoms. The van der Waals surface area contributed by atoms with Gasteiger partial charge in [-0.3, -0.25) is 0 Å². The van der Waals surface area contributed by atoms with E-state index in [9.17, 15) is 0 Å². The Hall–Kier alpha value is -0.0400. The zero-order chi connectivity index (χ0) is 9.76. The van der Waals surface area contributed by atoms with Crippen molar-refractivity contribution in [2.45, 2.75) is 52.0 Å². The molecule has 80 valence electrons. The number of hydrogen-bond donors (Lipinski definition) is 1. The van der Waals surface area contributed by atoms with Crippen molar-refractivity contribution in [3.63, 3.8) is 0 Å². The summed E-state index contributed by atoms with van der Waals surface area (Å²) in [6, 6.07) is 0.669. The molecule has 0 aromatic rings. The normalized spacial score (nSPS) is 49.5. The van der Waals surface area contributed by atoms with Gasteiger partial charge in [-0.2, -0.15) is 0 Å². The maximum atomic E-state index is 3.69. The van der Waals surface area contributed by atoms with Crippen LogP contribution in [0.15, 0.2) is 0 Å². The minimum atomic E-state index is 0.669. The fourth-order valence-corrected chi connectivity index (χ4v) is 4.66. The van der Waals surface area contributed by atoms with Crippen molar-refractivity contribution in [1.29, 1.82) is 0 Å². The van der Waals surface area contributed by atoms with Crippen LogP contribution < -0.4 is 5.32 Å². The molecule has 0 amide bonds. The van der Waals surface area contributed by atoms with Crippen molar-refractivity contribution in [1.82, 2.24) is 5.32 Å². The Balaban J connectivity index is 1.72. The second-order valence-corrected chi connectivity index (χ2v) is 6.44. The Morgan fingerprint density at radius 2 is 1.79 bits per heavy atom. The summed E-state index contributed by atoms with van der Waals surface area (Å²) in [5.41, 5.74) is 0.748. The standard InChI is InChI=1S/C13H23N/c1-9(2)14-8-13-6-10-3-11(7-13)5-12(13)4-10/h9-12,14H,3-8H2,1-2H3. The van der Waals surface area contributed by atoms with Gasteiger partial charge in [-0.1, -0.05) is 13.8 Å². The smallest absolute Gasteiger partial charge is 0.00130 e. The summed E-state index contributed by atoms with van der Waals surface area (Å²) in [6.07, 6.45) is 7.80. The average Bonchev–Trinajstić information content (AvgIpc) is 2.49. The molecule has 4 rings (SSSR count). The van der Waals surface area contributed by atoms with E-state index in [1.807, 2.05) is 0 Å². The lowest BCUT2D eigenvalue weighted by Crippen LogP contribution is -2.38. The summed E-state index contributed by atoms with van der Waals surface area (Å²) in [7, 11) is 0. The van der Waals surface area contributed by atoms with E-state index in [0.717, 1.165) is 23.2 Å². The predicted molar refractivity (Wildman–Crippen MR) is 59.1 cm³/mol. The van der Waals surface area contributed by atoms with Gasteiger partial charge in [0.05, 0.1) is 0 Å². The SMILES string of the molecule is CC(C)NCC12CC3CC(CC1C3)C2. The van der Waals surface area contributed by atoms with Crippen LogP contribution in [0.5, 0.6) is 0 Å². The fourth-order valence-electron chi connectivity index (χ4n) is 4.66. The first-order chi connectivity index (χ1) is 6.68. The van der Waals surface area contributed by atoms with E-state index in [1.165, 1.54) is 6.54 Å². The molecule has 1 N–H and O–H groups in total. The highest BCUT2D eigenvalue weighted by molar-refractivity contribution is 5.08. The van der Waals surface area contributed by atoms with Crippen LogP contribution in [0.2, 0.25) is 0 Å². The van der Waals surface area contributed by atoms with E-state index in [-0.39, 0.29) is 0 Å². The molecule has 0 aliphatic heterocycles. The third-order valence-corrected chi connectivity index (χ3v) is 5.02. The lowest BCUT2D eigenvalue weighted by Gasteiger charge is -2.33. The quantitative estimate of drug-likeness (QED) is 0.727. The van der Waals surface area contributed by atoms with Crippen molar-refractivity contribution >= 4 is 0 Å². The topological polar surface area (TPSA) is 12.0 Å². The molecule has 4 saturated carbocycles. The van der Waals surface area contributed by atoms with Crippen LogP contribution in [0.25, 0.3) is 0 Å². The Kier molecular flexibility index (Phi) is 1.96. The molecule has 2 unspecified atom stereocenters. The summed E-state index contributed by atoms with van der Waals surface area (Å²) in [5.74, 6) is 3.32. The van der Waals surface area contributed by atoms with E-state index in [2.05, 4.69) is 19.2 Å². The molecule has 4 bridgehead atoms. The third kappa shape index (κ3) is 1.25. The van der Waals surface area contributed by atoms with Crippen LogP contribution in [0.1, 0.15) is 46.0 Å². The van der Waals surface area contributed by atoms with E-state index < -0.39 is 0 Å². The van der Waals surface area contributed by atoms with Gasteiger partial charge < -0.3 is 5.32 Å². The molecule has 1 nitrogen and oxygen atoms in total. The first kappa shape index (κ1) is 9.21. The van der Waals surface area contributed by atoms with Crippen LogP contribution in [-0.2, 0) is 0 Å². The Morgan fingerprint density at radius 3 is 2.36 bits per heavy atom. The molecule has 2 atom stereocenters. The molecular formula is C13H23N. The number of rotatable bonds is 3. The number of nitrogens with one attached hydrogen (secondary N) is 1. The summed E-state index contributed by atoms with van der Waals surface area (Å²) in [6.45, 7) is 5.86. The second kappa shape index (κ2) is 2.98. The first-order valence-corrected chi connectivity index (χ1v) is 6.41. The van der Waals surface area contributed by atoms with Crippen LogP contribution in [-0.4, -0.2) is 12.6 Å². The van der Waals surface area contributed by atoms with Gasteiger partial charge in [-0.05, 0) is 55.3 Å². The summed E-state index contributed by atoms with van der Waals surface area (Å²) < 4.78 is 0. The molecular weight excluding hydrogens is 170 g/mol. The van der Waals surface area contributed by atoms with Gasteiger partial charge in [0.25, 0.3) is 0 Å². The fraction of sp³-hybridized carbons (Fsp3) is 1.00. The summed E-state index contributed by atoms with van der Waals surface area (Å²) in [4.78, 5) is 0. The Labute approximate surface area is 87.7 Å². The summed E-state index contributed by atoms with van der Waals surface area (Å²) >= 11 is 0. The molecule has 14 heavy (non-hydrogen) atoms. The van der Waals surface area contributed by atoms with Gasteiger partial charge >= 0.3 is 0 Å². The highest BCUT2D eigenvalue weighted by Crippen LogP contribution is 2.65. The molecule has 0 heterocycles. The van der Waals surface area contributed by atoms with E-state index >= 15 is 0 Å². The highest BCUT2D eigenvalue weighted by atomic mass is 14.9. The maximum absolute atomic E-state index is 3.69. The maximum Gasteiger partial charge on any atom is 0.00130 e. The van der Waals surface area contributed by atoms with Crippen molar-refractivity contribution < 1.29 is 0 Å². The molecule has 0 aromatic carbocycles. The van der Waals surface area contributed by atoms with Gasteiger partial charge in [0, 0.05) is 12.6 Å². The van der Waals surface area contributed by atoms with Gasteiger partial charge in [0.15, 0.2) is 0 Å². The lowest BCUT2D eigenvalue weighted by atomic mass is 9.75. The average molecular weight is 193 g/mol. The molecule has 4 aliphatic rings. The van der Waals surface area contributed by atoms with Gasteiger partial charge in [-0.25, -0.2) is 0 Å². The van der Waals surface area contributed by atoms with Gasteiger partial charge in [-0.15, -0.1) is 0 Å². The van der Waals surface area contributed by atoms with E-state index in [4.69, 9.17) is 0 Å². The first-order valence-electron chi connectivity index (χ1n) is 6.41. The van der Waals surface area contributed by atoms with Crippen molar-refractivity contribution in [3.8, 4) is 0 Å². The van der Waals surface area contributed by atoms with Crippen molar-refractivity contribution in [3.05, 3.63) is 0 Å². The Morgan fingerprint density at radius 1 is 1.14 bits per heavy atom. The largest absolute Gasteiger partial charge is 0.314 e. The third-order valence-electron chi connectivity index (χ3n) is 5.02. The molecule has 0 radical (unpaired) electrons. The minimum Gasteiger partial charge on any atom is -0.314 e. The van der Waals surface area contributed by atoms with Crippen LogP contribution >= 0.6 is 0 Å². The van der Waals surface area contributed by atoms with E-state index in [0.29, 0.717) is 6.04 Å². The molecule has 0 aromatic heterocycles. The molecule has 4 aliphatic carbocycles. The Bertz CT molecular complexity index is 219. The highest BCUT2D eigenvalue weighted by Gasteiger charge is 2.57. The molecule has 0 spiro atoms. The molecule has 0 saturated heterocycles. The zero-order valence-corrected chi connectivity index (χ0v) is 9.55. The van der Waals surface area contributed by atoms with Crippen molar-refractivity contribution in [2.24, 2.45) is 23.2 Å².